The number of hydrogen-bond acceptors (Lipinski definition) is 3. The van der Waals surface area contributed by atoms with E-state index in [4.69, 9.17) is 9.97 Å². The minimum Gasteiger partial charge on any atom is -0.298 e. The van der Waals surface area contributed by atoms with Crippen LogP contribution in [-0.2, 0) is 30.5 Å². The summed E-state index contributed by atoms with van der Waals surface area (Å²) in [5.74, 6) is -6.64. The number of benzene rings is 2. The summed E-state index contributed by atoms with van der Waals surface area (Å²) >= 11 is 0. The molecule has 0 bridgehead atoms. The van der Waals surface area contributed by atoms with Crippen molar-refractivity contribution in [1.82, 2.24) is 9.97 Å². The molecule has 1 heterocycles. The molecule has 0 saturated heterocycles. The molecule has 0 aliphatic heterocycles. The lowest BCUT2D eigenvalue weighted by atomic mass is 9.85. The number of carbonyl (C=O) groups excluding carboxylic acids is 1. The maximum atomic E-state index is 14.5. The fourth-order valence-electron chi connectivity index (χ4n) is 5.56. The number of nitrogens with zero attached hydrogens (tertiary/aromatic N) is 3. The zero-order valence-electron chi connectivity index (χ0n) is 21.0. The smallest absolute Gasteiger partial charge is 0.232 e. The lowest BCUT2D eigenvalue weighted by Gasteiger charge is -2.27. The highest BCUT2D eigenvalue weighted by atomic mass is 19.2. The molecule has 0 radical (unpaired) electrons. The first-order chi connectivity index (χ1) is 17.8. The average molecular weight is 512 g/mol. The Labute approximate surface area is 213 Å². The molecule has 1 amide bonds. The summed E-state index contributed by atoms with van der Waals surface area (Å²) < 4.78 is 56.1. The quantitative estimate of drug-likeness (QED) is 0.225. The third-order valence-electron chi connectivity index (χ3n) is 7.77. The van der Waals surface area contributed by atoms with Crippen LogP contribution in [0.1, 0.15) is 60.2 Å². The van der Waals surface area contributed by atoms with Crippen molar-refractivity contribution in [3.05, 3.63) is 75.6 Å². The van der Waals surface area contributed by atoms with Gasteiger partial charge in [0.1, 0.15) is 0 Å². The number of anilines is 1. The minimum atomic E-state index is -1.92. The number of halogens is 4. The van der Waals surface area contributed by atoms with E-state index in [1.165, 1.54) is 23.9 Å². The third kappa shape index (κ3) is 4.74. The lowest BCUT2D eigenvalue weighted by Crippen LogP contribution is -2.32. The maximum Gasteiger partial charge on any atom is 0.232 e. The maximum absolute atomic E-state index is 14.5. The number of likely N-dealkylation sites (N-methyl/N-ethyl adjacent to an activating group) is 1. The van der Waals surface area contributed by atoms with Gasteiger partial charge in [-0.25, -0.2) is 27.5 Å². The van der Waals surface area contributed by atoms with Gasteiger partial charge < -0.3 is 0 Å². The van der Waals surface area contributed by atoms with Crippen molar-refractivity contribution in [1.29, 1.82) is 0 Å². The molecule has 1 saturated carbocycles. The number of carbonyl (C=O) groups is 1. The summed E-state index contributed by atoms with van der Waals surface area (Å²) in [7, 11) is 1.52. The first-order valence-corrected chi connectivity index (χ1v) is 12.8. The molecule has 0 atom stereocenters. The zero-order valence-corrected chi connectivity index (χ0v) is 21.0. The summed E-state index contributed by atoms with van der Waals surface area (Å²) in [6, 6.07) is 8.09. The van der Waals surface area contributed by atoms with Crippen molar-refractivity contribution in [3.8, 4) is 11.3 Å². The number of rotatable bonds is 5. The van der Waals surface area contributed by atoms with Crippen molar-refractivity contribution >= 4 is 11.7 Å². The Kier molecular flexibility index (Phi) is 7.01. The summed E-state index contributed by atoms with van der Waals surface area (Å²) in [5.41, 5.74) is 3.61. The molecule has 2 aromatic carbocycles. The molecule has 2 aliphatic rings. The molecule has 0 unspecified atom stereocenters. The molecule has 0 N–H and O–H groups in total. The summed E-state index contributed by atoms with van der Waals surface area (Å²) in [5, 5.41) is 0. The summed E-state index contributed by atoms with van der Waals surface area (Å²) in [6.45, 7) is 1.13. The number of hydrogen-bond donors (Lipinski definition) is 0. The van der Waals surface area contributed by atoms with Crippen LogP contribution >= 0.6 is 0 Å². The van der Waals surface area contributed by atoms with Gasteiger partial charge in [0.15, 0.2) is 29.1 Å². The van der Waals surface area contributed by atoms with E-state index in [1.807, 2.05) is 18.2 Å². The Morgan fingerprint density at radius 3 is 2.41 bits per heavy atom. The highest BCUT2D eigenvalue weighted by Gasteiger charge is 2.29. The van der Waals surface area contributed by atoms with Crippen molar-refractivity contribution < 1.29 is 22.4 Å². The van der Waals surface area contributed by atoms with E-state index in [0.29, 0.717) is 30.3 Å². The summed E-state index contributed by atoms with van der Waals surface area (Å²) in [6.07, 6.45) is 7.15. The molecule has 0 spiro atoms. The second-order valence-corrected chi connectivity index (χ2v) is 10.1. The van der Waals surface area contributed by atoms with Gasteiger partial charge in [0.25, 0.3) is 0 Å². The van der Waals surface area contributed by atoms with Gasteiger partial charge in [0, 0.05) is 18.2 Å². The second kappa shape index (κ2) is 10.2. The number of amides is 1. The van der Waals surface area contributed by atoms with Crippen molar-refractivity contribution in [3.63, 3.8) is 0 Å². The molecule has 2 aliphatic carbocycles. The second-order valence-electron chi connectivity index (χ2n) is 10.1. The van der Waals surface area contributed by atoms with Gasteiger partial charge in [0.05, 0.1) is 23.5 Å². The summed E-state index contributed by atoms with van der Waals surface area (Å²) in [4.78, 5) is 24.5. The van der Waals surface area contributed by atoms with Crippen LogP contribution in [0.25, 0.3) is 11.3 Å². The highest BCUT2D eigenvalue weighted by Crippen LogP contribution is 2.36. The van der Waals surface area contributed by atoms with Gasteiger partial charge in [0.2, 0.25) is 5.91 Å². The Hall–Kier alpha value is -3.29. The largest absolute Gasteiger partial charge is 0.298 e. The van der Waals surface area contributed by atoms with E-state index in [9.17, 15) is 22.4 Å². The van der Waals surface area contributed by atoms with Crippen molar-refractivity contribution in [2.75, 3.05) is 11.9 Å². The Balaban J connectivity index is 1.52. The van der Waals surface area contributed by atoms with Crippen LogP contribution < -0.4 is 4.90 Å². The van der Waals surface area contributed by atoms with E-state index in [0.717, 1.165) is 56.0 Å². The Morgan fingerprint density at radius 1 is 0.946 bits per heavy atom. The van der Waals surface area contributed by atoms with E-state index < -0.39 is 46.7 Å². The predicted molar refractivity (Wildman–Crippen MR) is 133 cm³/mol. The first kappa shape index (κ1) is 25.4. The van der Waals surface area contributed by atoms with Gasteiger partial charge in [-0.1, -0.05) is 56.4 Å². The molecule has 5 rings (SSSR count). The molecule has 1 fully saturated rings. The average Bonchev–Trinajstić information content (AvgIpc) is 2.93. The minimum absolute atomic E-state index is 0.384. The van der Waals surface area contributed by atoms with Crippen molar-refractivity contribution in [2.24, 2.45) is 5.92 Å². The SMILES string of the molecule is Cc1c(F)c(F)c(F)c(F)c1CC(=O)N(C)c1nc2c(nc1CC1CCCCC1)-c1ccccc1CC2. The predicted octanol–water partition coefficient (Wildman–Crippen LogP) is 6.44. The molecule has 194 valence electrons. The van der Waals surface area contributed by atoms with Crippen LogP contribution in [0.15, 0.2) is 24.3 Å². The van der Waals surface area contributed by atoms with Crippen LogP contribution in [0.4, 0.5) is 23.4 Å². The molecule has 4 nitrogen and oxygen atoms in total. The van der Waals surface area contributed by atoms with Crippen LogP contribution in [0.3, 0.4) is 0 Å². The van der Waals surface area contributed by atoms with Crippen LogP contribution in [0.2, 0.25) is 0 Å². The van der Waals surface area contributed by atoms with Gasteiger partial charge in [-0.15, -0.1) is 0 Å². The number of fused-ring (bicyclic) bond motifs is 3. The molecular weight excluding hydrogens is 482 g/mol. The van der Waals surface area contributed by atoms with Crippen molar-refractivity contribution in [2.45, 2.75) is 64.7 Å². The zero-order chi connectivity index (χ0) is 26.3. The standard InChI is InChI=1S/C29H29F4N3O/c1-16-20(25(31)27(33)26(32)24(16)30)15-23(37)36(2)29-22(14-17-8-4-3-5-9-17)34-28-19-11-7-6-10-18(19)12-13-21(28)35-29/h6-7,10-11,17H,3-5,8-9,12-15H2,1-2H3. The van der Waals surface area contributed by atoms with E-state index in [2.05, 4.69) is 6.07 Å². The number of aryl methyl sites for hydroxylation is 2. The van der Waals surface area contributed by atoms with Crippen LogP contribution in [0, 0.1) is 36.1 Å². The Bertz CT molecular complexity index is 1340. The Morgan fingerprint density at radius 2 is 1.65 bits per heavy atom. The van der Waals surface area contributed by atoms with Gasteiger partial charge in [-0.3, -0.25) is 9.69 Å². The molecule has 1 aromatic heterocycles. The van der Waals surface area contributed by atoms with E-state index >= 15 is 0 Å². The number of aromatic nitrogens is 2. The molecule has 3 aromatic rings. The van der Waals surface area contributed by atoms with Gasteiger partial charge in [-0.05, 0) is 43.2 Å². The monoisotopic (exact) mass is 511 g/mol. The van der Waals surface area contributed by atoms with Crippen LogP contribution in [-0.4, -0.2) is 22.9 Å². The van der Waals surface area contributed by atoms with E-state index in [-0.39, 0.29) is 0 Å². The molecule has 8 heteroatoms. The first-order valence-electron chi connectivity index (χ1n) is 12.8. The molecular formula is C29H29F4N3O. The van der Waals surface area contributed by atoms with Crippen LogP contribution in [0.5, 0.6) is 0 Å². The topological polar surface area (TPSA) is 46.1 Å². The van der Waals surface area contributed by atoms with Gasteiger partial charge >= 0.3 is 0 Å². The van der Waals surface area contributed by atoms with Gasteiger partial charge in [-0.2, -0.15) is 0 Å². The van der Waals surface area contributed by atoms with E-state index in [1.54, 1.807) is 0 Å². The molecule has 37 heavy (non-hydrogen) atoms. The fraction of sp³-hybridized carbons (Fsp3) is 0.414. The highest BCUT2D eigenvalue weighted by molar-refractivity contribution is 5.94. The third-order valence-corrected chi connectivity index (χ3v) is 7.77. The fourth-order valence-corrected chi connectivity index (χ4v) is 5.56. The lowest BCUT2D eigenvalue weighted by molar-refractivity contribution is -0.117. The normalized spacial score (nSPS) is 15.3.